The van der Waals surface area contributed by atoms with Crippen LogP contribution < -0.4 is 10.1 Å². The van der Waals surface area contributed by atoms with Crippen molar-refractivity contribution in [3.63, 3.8) is 0 Å². The summed E-state index contributed by atoms with van der Waals surface area (Å²) >= 11 is 1.13. The Balaban J connectivity index is 1.27. The molecule has 0 aliphatic carbocycles. The fourth-order valence-electron chi connectivity index (χ4n) is 3.31. The second-order valence-electron chi connectivity index (χ2n) is 7.66. The predicted molar refractivity (Wildman–Crippen MR) is 129 cm³/mol. The number of hydrogen-bond acceptors (Lipinski definition) is 6. The Labute approximate surface area is 201 Å². The molecule has 6 nitrogen and oxygen atoms in total. The van der Waals surface area contributed by atoms with E-state index in [0.717, 1.165) is 28.5 Å². The molecule has 0 bridgehead atoms. The summed E-state index contributed by atoms with van der Waals surface area (Å²) in [6.45, 7) is 3.62. The van der Waals surface area contributed by atoms with Gasteiger partial charge in [-0.1, -0.05) is 78.5 Å². The van der Waals surface area contributed by atoms with Crippen molar-refractivity contribution < 1.29 is 18.3 Å². The first-order valence-corrected chi connectivity index (χ1v) is 11.8. The van der Waals surface area contributed by atoms with Gasteiger partial charge in [0.15, 0.2) is 17.7 Å². The average Bonchev–Trinajstić information content (AvgIpc) is 3.34. The van der Waals surface area contributed by atoms with Crippen LogP contribution in [0.4, 0.5) is 4.39 Å². The average molecular weight is 478 g/mol. The van der Waals surface area contributed by atoms with Gasteiger partial charge in [-0.3, -0.25) is 4.79 Å². The molecular weight excluding hydrogens is 453 g/mol. The van der Waals surface area contributed by atoms with Crippen molar-refractivity contribution in [3.05, 3.63) is 96.1 Å². The summed E-state index contributed by atoms with van der Waals surface area (Å²) in [4.78, 5) is 12.4. The van der Waals surface area contributed by atoms with Gasteiger partial charge < -0.3 is 14.5 Å². The normalized spacial score (nSPS) is 12.7. The van der Waals surface area contributed by atoms with E-state index in [1.165, 1.54) is 12.1 Å². The summed E-state index contributed by atoms with van der Waals surface area (Å²) in [5.74, 6) is -0.189. The molecular formula is C26H24FN3O3S. The molecule has 4 rings (SSSR count). The zero-order chi connectivity index (χ0) is 23.9. The van der Waals surface area contributed by atoms with Crippen LogP contribution >= 0.6 is 11.8 Å². The van der Waals surface area contributed by atoms with Gasteiger partial charge in [-0.2, -0.15) is 0 Å². The van der Waals surface area contributed by atoms with Crippen molar-refractivity contribution in [2.24, 2.45) is 0 Å². The van der Waals surface area contributed by atoms with E-state index < -0.39 is 11.9 Å². The van der Waals surface area contributed by atoms with Crippen LogP contribution in [0.3, 0.4) is 0 Å². The molecule has 0 spiro atoms. The first-order valence-electron chi connectivity index (χ1n) is 10.8. The van der Waals surface area contributed by atoms with Crippen LogP contribution in [0.1, 0.15) is 37.4 Å². The zero-order valence-corrected chi connectivity index (χ0v) is 19.6. The van der Waals surface area contributed by atoms with E-state index in [2.05, 4.69) is 27.6 Å². The number of rotatable bonds is 9. The summed E-state index contributed by atoms with van der Waals surface area (Å²) in [5, 5.41) is 11.1. The molecule has 0 aliphatic rings. The lowest BCUT2D eigenvalue weighted by molar-refractivity contribution is -0.119. The number of halogens is 1. The molecule has 0 unspecified atom stereocenters. The number of ether oxygens (including phenoxy) is 1. The second kappa shape index (κ2) is 11.0. The highest BCUT2D eigenvalue weighted by molar-refractivity contribution is 7.99. The van der Waals surface area contributed by atoms with Crippen molar-refractivity contribution in [1.82, 2.24) is 15.5 Å². The van der Waals surface area contributed by atoms with Crippen LogP contribution in [0.2, 0.25) is 0 Å². The van der Waals surface area contributed by atoms with Crippen molar-refractivity contribution in [3.8, 4) is 16.9 Å². The van der Waals surface area contributed by atoms with Gasteiger partial charge in [0.25, 0.3) is 11.1 Å². The quantitative estimate of drug-likeness (QED) is 0.299. The van der Waals surface area contributed by atoms with Gasteiger partial charge in [0, 0.05) is 0 Å². The first-order chi connectivity index (χ1) is 16.5. The van der Waals surface area contributed by atoms with Gasteiger partial charge in [-0.15, -0.1) is 10.2 Å². The van der Waals surface area contributed by atoms with Crippen LogP contribution in [0.25, 0.3) is 11.1 Å². The minimum atomic E-state index is -0.633. The molecule has 0 saturated carbocycles. The third kappa shape index (κ3) is 6.02. The minimum Gasteiger partial charge on any atom is -0.478 e. The third-order valence-electron chi connectivity index (χ3n) is 5.13. The Bertz CT molecular complexity index is 1230. The number of benzene rings is 3. The van der Waals surface area contributed by atoms with Crippen LogP contribution in [-0.4, -0.2) is 21.9 Å². The zero-order valence-electron chi connectivity index (χ0n) is 18.8. The lowest BCUT2D eigenvalue weighted by atomic mass is 10.0. The fourth-order valence-corrected chi connectivity index (χ4v) is 3.89. The molecule has 3 aromatic carbocycles. The lowest BCUT2D eigenvalue weighted by Crippen LogP contribution is -2.28. The molecule has 34 heavy (non-hydrogen) atoms. The maximum atomic E-state index is 13.8. The predicted octanol–water partition coefficient (Wildman–Crippen LogP) is 5.99. The number of thioether (sulfide) groups is 1. The molecule has 0 radical (unpaired) electrons. The highest BCUT2D eigenvalue weighted by atomic mass is 32.2. The first kappa shape index (κ1) is 23.5. The summed E-state index contributed by atoms with van der Waals surface area (Å²) in [7, 11) is 0. The van der Waals surface area contributed by atoms with Gasteiger partial charge in [-0.05, 0) is 42.7 Å². The minimum absolute atomic E-state index is 0.104. The number of carbonyl (C=O) groups excluding carboxylic acids is 1. The molecule has 4 aromatic rings. The third-order valence-corrected chi connectivity index (χ3v) is 5.95. The van der Waals surface area contributed by atoms with E-state index in [1.54, 1.807) is 19.1 Å². The Hall–Kier alpha value is -3.65. The number of nitrogens with one attached hydrogen (secondary N) is 1. The van der Waals surface area contributed by atoms with Crippen LogP contribution in [-0.2, 0) is 4.79 Å². The smallest absolute Gasteiger partial charge is 0.277 e. The van der Waals surface area contributed by atoms with Crippen molar-refractivity contribution >= 4 is 17.7 Å². The van der Waals surface area contributed by atoms with Crippen molar-refractivity contribution in [1.29, 1.82) is 0 Å². The second-order valence-corrected chi connectivity index (χ2v) is 8.59. The van der Waals surface area contributed by atoms with Crippen LogP contribution in [0.5, 0.6) is 5.75 Å². The van der Waals surface area contributed by atoms with E-state index >= 15 is 0 Å². The topological polar surface area (TPSA) is 77.2 Å². The maximum Gasteiger partial charge on any atom is 0.277 e. The summed E-state index contributed by atoms with van der Waals surface area (Å²) in [6, 6.07) is 24.2. The van der Waals surface area contributed by atoms with Gasteiger partial charge in [0.1, 0.15) is 0 Å². The summed E-state index contributed by atoms with van der Waals surface area (Å²) in [5.41, 5.74) is 3.28. The molecule has 1 amide bonds. The van der Waals surface area contributed by atoms with Crippen molar-refractivity contribution in [2.45, 2.75) is 31.2 Å². The molecule has 0 aliphatic heterocycles. The molecule has 1 N–H and O–H groups in total. The standard InChI is InChI=1S/C26H24FN3O3S/c1-17(19-12-14-21(15-13-19)20-8-4-3-5-9-20)28-24(31)16-34-26-30-29-25(33-26)18(2)32-23-11-7-6-10-22(23)27/h3-15,17-18H,16H2,1-2H3,(H,28,31)/t17-,18+/m1/s1. The van der Waals surface area contributed by atoms with Gasteiger partial charge in [0.05, 0.1) is 11.8 Å². The monoisotopic (exact) mass is 477 g/mol. The van der Waals surface area contributed by atoms with Gasteiger partial charge in [0.2, 0.25) is 5.91 Å². The van der Waals surface area contributed by atoms with E-state index in [-0.39, 0.29) is 34.6 Å². The molecule has 0 saturated heterocycles. The fraction of sp³-hybridized carbons (Fsp3) is 0.192. The van der Waals surface area contributed by atoms with Gasteiger partial charge >= 0.3 is 0 Å². The summed E-state index contributed by atoms with van der Waals surface area (Å²) in [6.07, 6.45) is -0.633. The maximum absolute atomic E-state index is 13.8. The number of hydrogen-bond donors (Lipinski definition) is 1. The largest absolute Gasteiger partial charge is 0.478 e. The summed E-state index contributed by atoms with van der Waals surface area (Å²) < 4.78 is 24.9. The molecule has 8 heteroatoms. The Morgan fingerprint density at radius 1 is 0.971 bits per heavy atom. The van der Waals surface area contributed by atoms with Crippen molar-refractivity contribution in [2.75, 3.05) is 5.75 Å². The number of nitrogens with zero attached hydrogens (tertiary/aromatic N) is 2. The molecule has 2 atom stereocenters. The SMILES string of the molecule is C[C@H](Oc1ccccc1F)c1nnc(SCC(=O)N[C@H](C)c2ccc(-c3ccccc3)cc2)o1. The van der Waals surface area contributed by atoms with Crippen LogP contribution in [0, 0.1) is 5.82 Å². The Morgan fingerprint density at radius 3 is 2.38 bits per heavy atom. The molecule has 1 heterocycles. The van der Waals surface area contributed by atoms with E-state index in [1.807, 2.05) is 49.4 Å². The number of aromatic nitrogens is 2. The molecule has 1 aromatic heterocycles. The van der Waals surface area contributed by atoms with E-state index in [4.69, 9.17) is 9.15 Å². The Morgan fingerprint density at radius 2 is 1.65 bits per heavy atom. The number of para-hydroxylation sites is 1. The highest BCUT2D eigenvalue weighted by Crippen LogP contribution is 2.26. The Kier molecular flexibility index (Phi) is 7.59. The highest BCUT2D eigenvalue weighted by Gasteiger charge is 2.18. The van der Waals surface area contributed by atoms with E-state index in [0.29, 0.717) is 0 Å². The lowest BCUT2D eigenvalue weighted by Gasteiger charge is -2.14. The van der Waals surface area contributed by atoms with Gasteiger partial charge in [-0.25, -0.2) is 4.39 Å². The molecule has 174 valence electrons. The number of carbonyl (C=O) groups is 1. The van der Waals surface area contributed by atoms with E-state index in [9.17, 15) is 9.18 Å². The number of amides is 1. The molecule has 0 fully saturated rings. The van der Waals surface area contributed by atoms with Crippen LogP contribution in [0.15, 0.2) is 88.5 Å².